The van der Waals surface area contributed by atoms with Crippen molar-refractivity contribution in [2.45, 2.75) is 0 Å². The third-order valence-corrected chi connectivity index (χ3v) is 2.34. The summed E-state index contributed by atoms with van der Waals surface area (Å²) in [6, 6.07) is 0. The summed E-state index contributed by atoms with van der Waals surface area (Å²) in [5, 5.41) is 19.3. The van der Waals surface area contributed by atoms with Gasteiger partial charge in [0.25, 0.3) is 5.82 Å². The molecule has 0 saturated heterocycles. The van der Waals surface area contributed by atoms with E-state index < -0.39 is 4.92 Å². The summed E-state index contributed by atoms with van der Waals surface area (Å²) in [5.41, 5.74) is 0. The maximum absolute atomic E-state index is 10.7. The van der Waals surface area contributed by atoms with Crippen molar-refractivity contribution in [2.24, 2.45) is 7.05 Å². The summed E-state index contributed by atoms with van der Waals surface area (Å²) in [6.07, 6.45) is 3.98. The molecule has 0 amide bonds. The average molecular weight is 265 g/mol. The molecule has 1 N–H and O–H groups in total. The van der Waals surface area contributed by atoms with Gasteiger partial charge in [0.05, 0.1) is 26.0 Å². The molecular weight excluding hydrogens is 254 g/mol. The van der Waals surface area contributed by atoms with E-state index in [2.05, 4.69) is 15.0 Å². The molecule has 0 unspecified atom stereocenters. The fourth-order valence-corrected chi connectivity index (χ4v) is 1.45. The highest BCUT2D eigenvalue weighted by Crippen LogP contribution is 2.19. The quantitative estimate of drug-likeness (QED) is 0.604. The Bertz CT molecular complexity index is 580. The standard InChI is InChI=1S/C10H11N5O4/c1-14-8(15(17)18)6-13-10(14)9-11-4-7(5-12-9)19-3-2-16/h4-6,16H,2-3H2,1H3. The van der Waals surface area contributed by atoms with Crippen LogP contribution in [0.4, 0.5) is 5.82 Å². The molecule has 0 spiro atoms. The van der Waals surface area contributed by atoms with Gasteiger partial charge in [-0.3, -0.25) is 0 Å². The SMILES string of the molecule is Cn1c([N+](=O)[O-])cnc1-c1ncc(OCCO)cn1. The minimum Gasteiger partial charge on any atom is -0.488 e. The molecule has 9 heteroatoms. The molecule has 0 aliphatic carbocycles. The smallest absolute Gasteiger partial charge is 0.343 e. The summed E-state index contributed by atoms with van der Waals surface area (Å²) in [7, 11) is 1.51. The normalized spacial score (nSPS) is 10.4. The number of nitro groups is 1. The molecule has 2 heterocycles. The number of hydrogen-bond acceptors (Lipinski definition) is 7. The lowest BCUT2D eigenvalue weighted by Gasteiger charge is -2.03. The monoisotopic (exact) mass is 265 g/mol. The summed E-state index contributed by atoms with van der Waals surface area (Å²) < 4.78 is 6.40. The maximum atomic E-state index is 10.7. The molecule has 0 radical (unpaired) electrons. The topological polar surface area (TPSA) is 116 Å². The lowest BCUT2D eigenvalue weighted by molar-refractivity contribution is -0.391. The molecule has 0 aromatic carbocycles. The molecule has 2 rings (SSSR count). The molecule has 0 aliphatic heterocycles. The first kappa shape index (κ1) is 12.9. The number of aliphatic hydroxyl groups excluding tert-OH is 1. The van der Waals surface area contributed by atoms with Crippen LogP contribution in [0.3, 0.4) is 0 Å². The van der Waals surface area contributed by atoms with E-state index >= 15 is 0 Å². The van der Waals surface area contributed by atoms with Crippen molar-refractivity contribution >= 4 is 5.82 Å². The van der Waals surface area contributed by atoms with Crippen molar-refractivity contribution in [2.75, 3.05) is 13.2 Å². The van der Waals surface area contributed by atoms with E-state index in [1.165, 1.54) is 24.0 Å². The average Bonchev–Trinajstić information content (AvgIpc) is 2.79. The Morgan fingerprint density at radius 1 is 1.37 bits per heavy atom. The first-order chi connectivity index (χ1) is 9.13. The number of imidazole rings is 1. The van der Waals surface area contributed by atoms with Gasteiger partial charge in [-0.15, -0.1) is 0 Å². The van der Waals surface area contributed by atoms with E-state index in [1.807, 2.05) is 0 Å². The highest BCUT2D eigenvalue weighted by Gasteiger charge is 2.19. The number of hydrogen-bond donors (Lipinski definition) is 1. The number of aliphatic hydroxyl groups is 1. The Labute approximate surface area is 107 Å². The predicted molar refractivity (Wildman–Crippen MR) is 63.5 cm³/mol. The molecular formula is C10H11N5O4. The van der Waals surface area contributed by atoms with Crippen molar-refractivity contribution in [1.29, 1.82) is 0 Å². The first-order valence-electron chi connectivity index (χ1n) is 5.35. The largest absolute Gasteiger partial charge is 0.488 e. The molecule has 100 valence electrons. The minimum absolute atomic E-state index is 0.104. The zero-order chi connectivity index (χ0) is 13.8. The van der Waals surface area contributed by atoms with Crippen molar-refractivity contribution in [3.8, 4) is 17.4 Å². The van der Waals surface area contributed by atoms with Crippen LogP contribution in [-0.4, -0.2) is 42.8 Å². The van der Waals surface area contributed by atoms with Crippen LogP contribution in [-0.2, 0) is 7.05 Å². The van der Waals surface area contributed by atoms with Crippen molar-refractivity contribution < 1.29 is 14.8 Å². The summed E-state index contributed by atoms with van der Waals surface area (Å²) >= 11 is 0. The Hall–Kier alpha value is -2.55. The van der Waals surface area contributed by atoms with Gasteiger partial charge in [0.1, 0.15) is 12.8 Å². The third kappa shape index (κ3) is 2.65. The Morgan fingerprint density at radius 2 is 2.05 bits per heavy atom. The van der Waals surface area contributed by atoms with Crippen LogP contribution in [0.2, 0.25) is 0 Å². The van der Waals surface area contributed by atoms with Gasteiger partial charge in [0, 0.05) is 0 Å². The highest BCUT2D eigenvalue weighted by atomic mass is 16.6. The number of rotatable bonds is 5. The van der Waals surface area contributed by atoms with Gasteiger partial charge in [-0.05, 0) is 4.92 Å². The Balaban J connectivity index is 2.25. The molecule has 19 heavy (non-hydrogen) atoms. The van der Waals surface area contributed by atoms with Gasteiger partial charge < -0.3 is 20.0 Å². The van der Waals surface area contributed by atoms with Crippen molar-refractivity contribution in [1.82, 2.24) is 19.5 Å². The summed E-state index contributed by atoms with van der Waals surface area (Å²) in [6.45, 7) is 0.0455. The molecule has 0 aliphatic rings. The van der Waals surface area contributed by atoms with E-state index in [4.69, 9.17) is 9.84 Å². The first-order valence-corrected chi connectivity index (χ1v) is 5.35. The van der Waals surface area contributed by atoms with Crippen LogP contribution in [0.25, 0.3) is 11.6 Å². The zero-order valence-corrected chi connectivity index (χ0v) is 10.1. The third-order valence-electron chi connectivity index (χ3n) is 2.34. The van der Waals surface area contributed by atoms with Gasteiger partial charge in [-0.1, -0.05) is 0 Å². The van der Waals surface area contributed by atoms with Gasteiger partial charge in [0.15, 0.2) is 5.75 Å². The molecule has 2 aromatic heterocycles. The predicted octanol–water partition coefficient (Wildman–Crippen LogP) is 0.156. The molecule has 0 bridgehead atoms. The van der Waals surface area contributed by atoms with Gasteiger partial charge >= 0.3 is 5.82 Å². The van der Waals surface area contributed by atoms with E-state index in [9.17, 15) is 10.1 Å². The van der Waals surface area contributed by atoms with E-state index in [-0.39, 0.29) is 24.9 Å². The van der Waals surface area contributed by atoms with E-state index in [1.54, 1.807) is 0 Å². The van der Waals surface area contributed by atoms with E-state index in [0.29, 0.717) is 11.6 Å². The second-order valence-electron chi connectivity index (χ2n) is 3.57. The molecule has 9 nitrogen and oxygen atoms in total. The fourth-order valence-electron chi connectivity index (χ4n) is 1.45. The number of nitrogens with zero attached hydrogens (tertiary/aromatic N) is 5. The zero-order valence-electron chi connectivity index (χ0n) is 10.1. The number of aromatic nitrogens is 4. The van der Waals surface area contributed by atoms with Gasteiger partial charge in [0.2, 0.25) is 5.82 Å². The van der Waals surface area contributed by atoms with Crippen LogP contribution in [0.15, 0.2) is 18.6 Å². The van der Waals surface area contributed by atoms with Crippen LogP contribution >= 0.6 is 0 Å². The summed E-state index contributed by atoms with van der Waals surface area (Å²) in [5.74, 6) is 0.813. The van der Waals surface area contributed by atoms with Crippen LogP contribution in [0.1, 0.15) is 0 Å². The Kier molecular flexibility index (Phi) is 3.66. The fraction of sp³-hybridized carbons (Fsp3) is 0.300. The lowest BCUT2D eigenvalue weighted by atomic mass is 10.5. The van der Waals surface area contributed by atoms with Crippen LogP contribution in [0.5, 0.6) is 5.75 Å². The van der Waals surface area contributed by atoms with Crippen LogP contribution < -0.4 is 4.74 Å². The second-order valence-corrected chi connectivity index (χ2v) is 3.57. The lowest BCUT2D eigenvalue weighted by Crippen LogP contribution is -2.04. The molecule has 2 aromatic rings. The van der Waals surface area contributed by atoms with Crippen molar-refractivity contribution in [3.05, 3.63) is 28.7 Å². The summed E-state index contributed by atoms with van der Waals surface area (Å²) in [4.78, 5) is 22.1. The van der Waals surface area contributed by atoms with Crippen LogP contribution in [0, 0.1) is 10.1 Å². The molecule has 0 atom stereocenters. The van der Waals surface area contributed by atoms with E-state index in [0.717, 1.165) is 6.20 Å². The van der Waals surface area contributed by atoms with Gasteiger partial charge in [-0.2, -0.15) is 0 Å². The minimum atomic E-state index is -0.533. The Morgan fingerprint density at radius 3 is 2.58 bits per heavy atom. The maximum Gasteiger partial charge on any atom is 0.343 e. The number of ether oxygens (including phenoxy) is 1. The van der Waals surface area contributed by atoms with Gasteiger partial charge in [-0.25, -0.2) is 19.5 Å². The second kappa shape index (κ2) is 5.40. The highest BCUT2D eigenvalue weighted by molar-refractivity contribution is 5.47. The molecule has 0 fully saturated rings. The van der Waals surface area contributed by atoms with Crippen molar-refractivity contribution in [3.63, 3.8) is 0 Å². The molecule has 0 saturated carbocycles.